The highest BCUT2D eigenvalue weighted by atomic mass is 28.4. The minimum atomic E-state index is -2.76. The first-order chi connectivity index (χ1) is 19.2. The van der Waals surface area contributed by atoms with Gasteiger partial charge in [-0.25, -0.2) is 4.79 Å². The molecule has 0 heterocycles. The third kappa shape index (κ3) is 10.4. The van der Waals surface area contributed by atoms with Crippen LogP contribution in [-0.2, 0) is 28.3 Å². The van der Waals surface area contributed by atoms with Gasteiger partial charge in [-0.15, -0.1) is 0 Å². The molecule has 2 atom stereocenters. The maximum Gasteiger partial charge on any atom is 0.339 e. The van der Waals surface area contributed by atoms with E-state index in [1.165, 1.54) is 6.08 Å². The second-order valence-electron chi connectivity index (χ2n) is 14.4. The summed E-state index contributed by atoms with van der Waals surface area (Å²) in [6.07, 6.45) is 2.79. The van der Waals surface area contributed by atoms with Crippen LogP contribution in [0.3, 0.4) is 0 Å². The first-order valence-electron chi connectivity index (χ1n) is 14.6. The summed E-state index contributed by atoms with van der Waals surface area (Å²) in [6, 6.07) is 18.8. The zero-order valence-electron chi connectivity index (χ0n) is 27.4. The molecule has 0 aliphatic rings. The number of ketones is 1. The number of hydrogen-bond acceptors (Lipinski definition) is 6. The van der Waals surface area contributed by atoms with Crippen LogP contribution in [0.25, 0.3) is 6.08 Å². The zero-order valence-corrected chi connectivity index (χ0v) is 28.4. The van der Waals surface area contributed by atoms with Gasteiger partial charge in [-0.1, -0.05) is 87.5 Å². The average molecular weight is 595 g/mol. The van der Waals surface area contributed by atoms with Gasteiger partial charge in [0.05, 0.1) is 6.42 Å². The molecule has 7 heteroatoms. The van der Waals surface area contributed by atoms with Gasteiger partial charge in [0.1, 0.15) is 11.2 Å². The molecule has 0 aliphatic carbocycles. The number of benzene rings is 2. The topological polar surface area (TPSA) is 78.9 Å². The summed E-state index contributed by atoms with van der Waals surface area (Å²) in [7, 11) is -2.76. The number of carbonyl (C=O) groups excluding carboxylic acids is 3. The summed E-state index contributed by atoms with van der Waals surface area (Å²) in [5.41, 5.74) is -1.90. The van der Waals surface area contributed by atoms with Crippen LogP contribution in [0.1, 0.15) is 92.2 Å². The maximum absolute atomic E-state index is 14.5. The Hall–Kier alpha value is -3.03. The molecular formula is C35H50O6Si. The number of ether oxygens (including phenoxy) is 2. The summed E-state index contributed by atoms with van der Waals surface area (Å²) >= 11 is 0. The lowest BCUT2D eigenvalue weighted by molar-refractivity contribution is -0.185. The molecule has 0 radical (unpaired) electrons. The summed E-state index contributed by atoms with van der Waals surface area (Å²) in [5.74, 6) is -2.31. The highest BCUT2D eigenvalue weighted by Crippen LogP contribution is 2.47. The van der Waals surface area contributed by atoms with Gasteiger partial charge in [-0.3, -0.25) is 9.59 Å². The van der Waals surface area contributed by atoms with Gasteiger partial charge in [0.2, 0.25) is 0 Å². The van der Waals surface area contributed by atoms with Crippen LogP contribution >= 0.6 is 0 Å². The van der Waals surface area contributed by atoms with Crippen molar-refractivity contribution in [3.05, 3.63) is 77.9 Å². The molecule has 2 rings (SSSR count). The number of allylic oxidation sites excluding steroid dienone is 1. The lowest BCUT2D eigenvalue weighted by atomic mass is 9.76. The Labute approximate surface area is 254 Å². The van der Waals surface area contributed by atoms with Crippen molar-refractivity contribution in [2.24, 2.45) is 0 Å². The molecule has 0 aliphatic heterocycles. The van der Waals surface area contributed by atoms with Crippen LogP contribution in [0.15, 0.2) is 66.7 Å². The van der Waals surface area contributed by atoms with Gasteiger partial charge in [0, 0.05) is 12.3 Å². The minimum absolute atomic E-state index is 0.0794. The third-order valence-corrected chi connectivity index (χ3v) is 11.7. The molecule has 6 nitrogen and oxygen atoms in total. The lowest BCUT2D eigenvalue weighted by Gasteiger charge is -2.48. The number of carbonyl (C=O) groups is 3. The van der Waals surface area contributed by atoms with E-state index in [9.17, 15) is 14.4 Å². The second kappa shape index (κ2) is 13.5. The van der Waals surface area contributed by atoms with Gasteiger partial charge in [-0.05, 0) is 76.9 Å². The molecule has 2 aromatic carbocycles. The molecule has 0 unspecified atom stereocenters. The molecule has 0 saturated heterocycles. The molecule has 0 amide bonds. The predicted octanol–water partition coefficient (Wildman–Crippen LogP) is 8.28. The van der Waals surface area contributed by atoms with E-state index in [0.29, 0.717) is 5.56 Å². The van der Waals surface area contributed by atoms with Crippen molar-refractivity contribution in [2.75, 3.05) is 0 Å². The van der Waals surface area contributed by atoms with Crippen molar-refractivity contribution in [1.82, 2.24) is 0 Å². The highest BCUT2D eigenvalue weighted by Gasteiger charge is 2.57. The molecule has 0 saturated carbocycles. The monoisotopic (exact) mass is 594 g/mol. The summed E-state index contributed by atoms with van der Waals surface area (Å²) in [6.45, 7) is 20.9. The average Bonchev–Trinajstić information content (AvgIpc) is 2.83. The van der Waals surface area contributed by atoms with Gasteiger partial charge in [0.25, 0.3) is 0 Å². The molecule has 2 aromatic rings. The highest BCUT2D eigenvalue weighted by molar-refractivity contribution is 6.74. The SMILES string of the molecule is CC(C)(C)OC(=O)C[C@](O[Si](C)(C)C(C)(C)C)(C(=O)OC(C)(C)C)[C@@H](CC(=O)/C=C/c1ccccc1)c1ccccc1. The van der Waals surface area contributed by atoms with Crippen molar-refractivity contribution >= 4 is 32.1 Å². The van der Waals surface area contributed by atoms with Crippen molar-refractivity contribution in [3.8, 4) is 0 Å². The fourth-order valence-corrected chi connectivity index (χ4v) is 5.83. The zero-order chi connectivity index (χ0) is 32.0. The van der Waals surface area contributed by atoms with E-state index in [0.717, 1.165) is 5.56 Å². The molecule has 230 valence electrons. The molecule has 0 aromatic heterocycles. The van der Waals surface area contributed by atoms with Crippen LogP contribution in [0.5, 0.6) is 0 Å². The third-order valence-electron chi connectivity index (χ3n) is 7.25. The van der Waals surface area contributed by atoms with E-state index in [4.69, 9.17) is 13.9 Å². The van der Waals surface area contributed by atoms with Crippen LogP contribution < -0.4 is 0 Å². The summed E-state index contributed by atoms with van der Waals surface area (Å²) in [5, 5.41) is -0.313. The molecule has 0 bridgehead atoms. The Bertz CT molecular complexity index is 1230. The lowest BCUT2D eigenvalue weighted by Crippen LogP contribution is -2.59. The van der Waals surface area contributed by atoms with Crippen molar-refractivity contribution in [3.63, 3.8) is 0 Å². The van der Waals surface area contributed by atoms with E-state index in [1.807, 2.05) is 73.8 Å². The smallest absolute Gasteiger partial charge is 0.339 e. The Morgan fingerprint density at radius 3 is 1.74 bits per heavy atom. The molecular weight excluding hydrogens is 544 g/mol. The standard InChI is InChI=1S/C35H50O6Si/c1-32(2,3)39-30(37)25-35(31(38)40-33(4,5)6,41-42(10,11)34(7,8)9)29(27-20-16-13-17-21-27)24-28(36)23-22-26-18-14-12-15-19-26/h12-23,29H,24-25H2,1-11H3/b23-22+/t29-,35+/m0/s1. The van der Waals surface area contributed by atoms with E-state index in [2.05, 4.69) is 20.8 Å². The first kappa shape index (κ1) is 35.2. The Morgan fingerprint density at radius 2 is 1.26 bits per heavy atom. The van der Waals surface area contributed by atoms with Gasteiger partial charge in [-0.2, -0.15) is 0 Å². The van der Waals surface area contributed by atoms with Crippen LogP contribution in [0.4, 0.5) is 0 Å². The van der Waals surface area contributed by atoms with Gasteiger partial charge >= 0.3 is 11.9 Å². The van der Waals surface area contributed by atoms with Crippen LogP contribution in [-0.4, -0.2) is 42.8 Å². The Morgan fingerprint density at radius 1 is 0.762 bits per heavy atom. The Balaban J connectivity index is 2.82. The van der Waals surface area contributed by atoms with Gasteiger partial charge in [0.15, 0.2) is 19.7 Å². The molecule has 0 N–H and O–H groups in total. The fraction of sp³-hybridized carbons (Fsp3) is 0.514. The minimum Gasteiger partial charge on any atom is -0.460 e. The van der Waals surface area contributed by atoms with Crippen LogP contribution in [0, 0.1) is 0 Å². The van der Waals surface area contributed by atoms with E-state index in [-0.39, 0.29) is 17.2 Å². The second-order valence-corrected chi connectivity index (χ2v) is 19.1. The van der Waals surface area contributed by atoms with Crippen molar-refractivity contribution in [2.45, 2.75) is 116 Å². The molecule has 0 spiro atoms. The quantitative estimate of drug-likeness (QED) is 0.148. The molecule has 42 heavy (non-hydrogen) atoms. The van der Waals surface area contributed by atoms with E-state index >= 15 is 0 Å². The predicted molar refractivity (Wildman–Crippen MR) is 172 cm³/mol. The van der Waals surface area contributed by atoms with Gasteiger partial charge < -0.3 is 13.9 Å². The Kier molecular flexibility index (Phi) is 11.3. The number of esters is 2. The van der Waals surface area contributed by atoms with E-state index < -0.39 is 49.4 Å². The first-order valence-corrected chi connectivity index (χ1v) is 17.5. The van der Waals surface area contributed by atoms with E-state index in [1.54, 1.807) is 47.6 Å². The van der Waals surface area contributed by atoms with Crippen molar-refractivity contribution in [1.29, 1.82) is 0 Å². The number of hydrogen-bond donors (Lipinski definition) is 0. The largest absolute Gasteiger partial charge is 0.460 e. The number of rotatable bonds is 11. The normalized spacial score (nSPS) is 15.1. The maximum atomic E-state index is 14.5. The fourth-order valence-electron chi connectivity index (χ4n) is 4.31. The van der Waals surface area contributed by atoms with Crippen molar-refractivity contribution < 1.29 is 28.3 Å². The summed E-state index contributed by atoms with van der Waals surface area (Å²) in [4.78, 5) is 41.8. The van der Waals surface area contributed by atoms with Crippen LogP contribution in [0.2, 0.25) is 18.1 Å². The molecule has 0 fully saturated rings. The summed E-state index contributed by atoms with van der Waals surface area (Å²) < 4.78 is 18.8.